The maximum absolute atomic E-state index is 14.0. The minimum Gasteiger partial charge on any atom is -0.363 e. The molecule has 0 radical (unpaired) electrons. The molecule has 0 aliphatic carbocycles. The summed E-state index contributed by atoms with van der Waals surface area (Å²) in [7, 11) is 1.52. The summed E-state index contributed by atoms with van der Waals surface area (Å²) in [6.45, 7) is -0.114. The monoisotopic (exact) mass is 465 g/mol. The van der Waals surface area contributed by atoms with E-state index in [0.29, 0.717) is 15.6 Å². The minimum atomic E-state index is -1.47. The van der Waals surface area contributed by atoms with Crippen molar-refractivity contribution in [1.82, 2.24) is 14.9 Å². The number of amides is 1. The molecular formula is C20H14ClF2N3O4S. The van der Waals surface area contributed by atoms with Gasteiger partial charge in [0, 0.05) is 12.6 Å². The Morgan fingerprint density at radius 1 is 1.23 bits per heavy atom. The molecule has 0 saturated heterocycles. The highest BCUT2D eigenvalue weighted by Crippen LogP contribution is 2.38. The Kier molecular flexibility index (Phi) is 4.63. The van der Waals surface area contributed by atoms with Crippen LogP contribution in [0.2, 0.25) is 4.34 Å². The number of ether oxygens (including phenoxy) is 1. The molecule has 0 spiro atoms. The van der Waals surface area contributed by atoms with Gasteiger partial charge in [-0.2, -0.15) is 0 Å². The number of thiophene rings is 1. The van der Waals surface area contributed by atoms with E-state index in [4.69, 9.17) is 16.3 Å². The molecule has 0 fully saturated rings. The number of rotatable bonds is 2. The Morgan fingerprint density at radius 3 is 2.65 bits per heavy atom. The standard InChI is InChI=1S/C20H14ClF2N3O4S/c1-26(19(28)12-4-14-11(24-12)5-15(21)31-14)13-6-30-20(29)17-16(13)7-2-9(22)10(23)3-8(7)18(27)25-17/h2-5,13,20,24,29H,6H2,1H3,(H,25,27)/t13-,20+/m0/s1. The van der Waals surface area contributed by atoms with Crippen molar-refractivity contribution in [3.8, 4) is 0 Å². The van der Waals surface area contributed by atoms with E-state index in [-0.39, 0.29) is 23.1 Å². The molecule has 31 heavy (non-hydrogen) atoms. The normalized spacial score (nSPS) is 18.5. The summed E-state index contributed by atoms with van der Waals surface area (Å²) in [6.07, 6.45) is -1.47. The number of pyridine rings is 1. The summed E-state index contributed by atoms with van der Waals surface area (Å²) in [4.78, 5) is 32.4. The molecule has 1 amide bonds. The zero-order valence-electron chi connectivity index (χ0n) is 15.8. The average Bonchev–Trinajstić information content (AvgIpc) is 3.27. The van der Waals surface area contributed by atoms with E-state index < -0.39 is 35.4 Å². The van der Waals surface area contributed by atoms with Crippen LogP contribution in [0.3, 0.4) is 0 Å². The van der Waals surface area contributed by atoms with E-state index in [1.54, 1.807) is 12.1 Å². The van der Waals surface area contributed by atoms with Crippen molar-refractivity contribution in [3.63, 3.8) is 0 Å². The van der Waals surface area contributed by atoms with Gasteiger partial charge in [-0.25, -0.2) is 8.78 Å². The van der Waals surface area contributed by atoms with Gasteiger partial charge in [0.05, 0.1) is 38.3 Å². The maximum Gasteiger partial charge on any atom is 0.270 e. The quantitative estimate of drug-likeness (QED) is 0.419. The first kappa shape index (κ1) is 20.1. The van der Waals surface area contributed by atoms with Crippen molar-refractivity contribution >= 4 is 49.8 Å². The first-order chi connectivity index (χ1) is 14.7. The lowest BCUT2D eigenvalue weighted by Gasteiger charge is -2.35. The van der Waals surface area contributed by atoms with Crippen molar-refractivity contribution in [3.05, 3.63) is 67.5 Å². The van der Waals surface area contributed by atoms with Gasteiger partial charge in [0.15, 0.2) is 17.9 Å². The number of aliphatic hydroxyl groups excluding tert-OH is 1. The number of aliphatic hydroxyl groups is 1. The number of likely N-dealkylation sites (N-methyl/N-ethyl adjacent to an activating group) is 1. The first-order valence-electron chi connectivity index (χ1n) is 9.14. The minimum absolute atomic E-state index is 0.00124. The Morgan fingerprint density at radius 2 is 1.94 bits per heavy atom. The Hall–Kier alpha value is -2.79. The summed E-state index contributed by atoms with van der Waals surface area (Å²) in [5.41, 5.74) is 0.610. The number of nitrogens with zero attached hydrogens (tertiary/aromatic N) is 1. The topological polar surface area (TPSA) is 98.4 Å². The fraction of sp³-hybridized carbons (Fsp3) is 0.200. The number of H-pyrrole nitrogens is 2. The molecule has 0 bridgehead atoms. The second-order valence-corrected chi connectivity index (χ2v) is 8.94. The molecule has 3 aromatic heterocycles. The average molecular weight is 466 g/mol. The molecule has 0 saturated carbocycles. The molecule has 5 rings (SSSR count). The molecule has 1 aromatic carbocycles. The highest BCUT2D eigenvalue weighted by Gasteiger charge is 2.35. The zero-order chi connectivity index (χ0) is 22.0. The number of fused-ring (bicyclic) bond motifs is 4. The lowest BCUT2D eigenvalue weighted by atomic mass is 9.94. The van der Waals surface area contributed by atoms with Gasteiger partial charge in [-0.1, -0.05) is 11.6 Å². The second-order valence-electron chi connectivity index (χ2n) is 7.22. The summed E-state index contributed by atoms with van der Waals surface area (Å²) >= 11 is 7.30. The van der Waals surface area contributed by atoms with Crippen LogP contribution in [0.1, 0.15) is 34.1 Å². The van der Waals surface area contributed by atoms with E-state index in [1.165, 1.54) is 23.3 Å². The van der Waals surface area contributed by atoms with Crippen LogP contribution in [0.5, 0.6) is 0 Å². The molecule has 1 aliphatic heterocycles. The van der Waals surface area contributed by atoms with Crippen molar-refractivity contribution < 1.29 is 23.4 Å². The lowest BCUT2D eigenvalue weighted by Crippen LogP contribution is -2.39. The molecule has 11 heteroatoms. The SMILES string of the molecule is CN(C(=O)c1cc2sc(Cl)cc2[nH]1)[C@H]1CO[C@@H](O)c2[nH]c(=O)c3cc(F)c(F)cc3c21. The van der Waals surface area contributed by atoms with Crippen LogP contribution in [-0.2, 0) is 4.74 Å². The number of carbonyl (C=O) groups is 1. The van der Waals surface area contributed by atoms with Crippen LogP contribution in [0, 0.1) is 11.6 Å². The van der Waals surface area contributed by atoms with Crippen LogP contribution in [0.25, 0.3) is 21.0 Å². The lowest BCUT2D eigenvalue weighted by molar-refractivity contribution is -0.129. The number of halogens is 3. The van der Waals surface area contributed by atoms with Crippen molar-refractivity contribution in [2.24, 2.45) is 0 Å². The summed E-state index contributed by atoms with van der Waals surface area (Å²) in [6, 6.07) is 4.30. The molecule has 1 aliphatic rings. The predicted octanol–water partition coefficient (Wildman–Crippen LogP) is 3.84. The first-order valence-corrected chi connectivity index (χ1v) is 10.3. The van der Waals surface area contributed by atoms with Gasteiger partial charge in [-0.15, -0.1) is 11.3 Å². The number of carbonyl (C=O) groups excluding carboxylic acids is 1. The van der Waals surface area contributed by atoms with E-state index >= 15 is 0 Å². The number of aromatic amines is 2. The van der Waals surface area contributed by atoms with Gasteiger partial charge < -0.3 is 24.7 Å². The third-order valence-electron chi connectivity index (χ3n) is 5.42. The number of nitrogens with one attached hydrogen (secondary N) is 2. The second kappa shape index (κ2) is 7.13. The van der Waals surface area contributed by atoms with Crippen molar-refractivity contribution in [2.75, 3.05) is 13.7 Å². The number of aromatic nitrogens is 2. The van der Waals surface area contributed by atoms with Crippen LogP contribution in [-0.4, -0.2) is 39.5 Å². The van der Waals surface area contributed by atoms with Gasteiger partial charge in [0.2, 0.25) is 0 Å². The van der Waals surface area contributed by atoms with Crippen LogP contribution >= 0.6 is 22.9 Å². The molecule has 0 unspecified atom stereocenters. The molecule has 160 valence electrons. The Bertz CT molecular complexity index is 1400. The van der Waals surface area contributed by atoms with E-state index in [0.717, 1.165) is 22.3 Å². The van der Waals surface area contributed by atoms with Crippen LogP contribution in [0.4, 0.5) is 8.78 Å². The molecule has 4 aromatic rings. The van der Waals surface area contributed by atoms with Gasteiger partial charge in [0.1, 0.15) is 5.69 Å². The summed E-state index contributed by atoms with van der Waals surface area (Å²) in [5, 5.41) is 10.2. The van der Waals surface area contributed by atoms with Crippen LogP contribution < -0.4 is 5.56 Å². The summed E-state index contributed by atoms with van der Waals surface area (Å²) < 4.78 is 34.5. The van der Waals surface area contributed by atoms with Gasteiger partial charge in [-0.3, -0.25) is 9.59 Å². The Labute approximate surface area is 181 Å². The van der Waals surface area contributed by atoms with Crippen molar-refractivity contribution in [2.45, 2.75) is 12.3 Å². The van der Waals surface area contributed by atoms with Gasteiger partial charge in [-0.05, 0) is 29.7 Å². The highest BCUT2D eigenvalue weighted by molar-refractivity contribution is 7.22. The van der Waals surface area contributed by atoms with Gasteiger partial charge >= 0.3 is 0 Å². The van der Waals surface area contributed by atoms with E-state index in [2.05, 4.69) is 9.97 Å². The third-order valence-corrected chi connectivity index (χ3v) is 6.63. The fourth-order valence-electron chi connectivity index (χ4n) is 3.91. The van der Waals surface area contributed by atoms with E-state index in [1.807, 2.05) is 0 Å². The molecular weight excluding hydrogens is 452 g/mol. The molecule has 7 nitrogen and oxygen atoms in total. The predicted molar refractivity (Wildman–Crippen MR) is 111 cm³/mol. The Balaban J connectivity index is 1.64. The fourth-order valence-corrected chi connectivity index (χ4v) is 5.05. The largest absolute Gasteiger partial charge is 0.363 e. The number of hydrogen-bond donors (Lipinski definition) is 3. The van der Waals surface area contributed by atoms with E-state index in [9.17, 15) is 23.5 Å². The van der Waals surface area contributed by atoms with Crippen molar-refractivity contribution in [1.29, 1.82) is 0 Å². The molecule has 3 N–H and O–H groups in total. The molecule has 4 heterocycles. The number of benzene rings is 1. The zero-order valence-corrected chi connectivity index (χ0v) is 17.4. The smallest absolute Gasteiger partial charge is 0.270 e. The number of hydrogen-bond acceptors (Lipinski definition) is 5. The molecule has 2 atom stereocenters. The third kappa shape index (κ3) is 3.14. The maximum atomic E-state index is 14.0. The van der Waals surface area contributed by atoms with Crippen LogP contribution in [0.15, 0.2) is 29.1 Å². The highest BCUT2D eigenvalue weighted by atomic mass is 35.5. The summed E-state index contributed by atoms with van der Waals surface area (Å²) in [5.74, 6) is -2.70. The van der Waals surface area contributed by atoms with Gasteiger partial charge in [0.25, 0.3) is 11.5 Å².